The molecule has 6 heteroatoms. The SMILES string of the molecule is CN1CNc2nc(Cl)nc(Cl)c21. The summed E-state index contributed by atoms with van der Waals surface area (Å²) in [6.45, 7) is 0.685. The van der Waals surface area contributed by atoms with Gasteiger partial charge in [0.25, 0.3) is 0 Å². The van der Waals surface area contributed by atoms with Crippen LogP contribution in [-0.4, -0.2) is 23.7 Å². The number of anilines is 2. The number of hydrogen-bond donors (Lipinski definition) is 1. The van der Waals surface area contributed by atoms with Crippen molar-refractivity contribution in [1.29, 1.82) is 0 Å². The zero-order chi connectivity index (χ0) is 8.72. The summed E-state index contributed by atoms with van der Waals surface area (Å²) in [4.78, 5) is 9.74. The topological polar surface area (TPSA) is 41.0 Å². The Kier molecular flexibility index (Phi) is 1.73. The number of aromatic nitrogens is 2. The molecule has 12 heavy (non-hydrogen) atoms. The Morgan fingerprint density at radius 3 is 2.92 bits per heavy atom. The summed E-state index contributed by atoms with van der Waals surface area (Å²) in [5.41, 5.74) is 0.807. The molecule has 0 saturated carbocycles. The van der Waals surface area contributed by atoms with Crippen LogP contribution in [0.5, 0.6) is 0 Å². The van der Waals surface area contributed by atoms with E-state index in [1.807, 2.05) is 11.9 Å². The van der Waals surface area contributed by atoms with Crippen molar-refractivity contribution >= 4 is 34.7 Å². The van der Waals surface area contributed by atoms with Crippen molar-refractivity contribution in [3.8, 4) is 0 Å². The van der Waals surface area contributed by atoms with Crippen LogP contribution < -0.4 is 10.2 Å². The van der Waals surface area contributed by atoms with Crippen LogP contribution in [0.15, 0.2) is 0 Å². The van der Waals surface area contributed by atoms with E-state index in [1.165, 1.54) is 0 Å². The minimum absolute atomic E-state index is 0.168. The first-order chi connectivity index (χ1) is 5.68. The average molecular weight is 205 g/mol. The second kappa shape index (κ2) is 2.64. The van der Waals surface area contributed by atoms with E-state index in [1.54, 1.807) is 0 Å². The Morgan fingerprint density at radius 1 is 1.42 bits per heavy atom. The molecule has 0 atom stereocenters. The highest BCUT2D eigenvalue weighted by Gasteiger charge is 2.21. The molecule has 4 nitrogen and oxygen atoms in total. The van der Waals surface area contributed by atoms with Crippen molar-refractivity contribution in [3.63, 3.8) is 0 Å². The lowest BCUT2D eigenvalue weighted by atomic mass is 10.5. The fourth-order valence-electron chi connectivity index (χ4n) is 1.14. The van der Waals surface area contributed by atoms with E-state index < -0.39 is 0 Å². The minimum Gasteiger partial charge on any atom is -0.352 e. The van der Waals surface area contributed by atoms with Gasteiger partial charge in [-0.15, -0.1) is 0 Å². The molecular formula is C6H6Cl2N4. The van der Waals surface area contributed by atoms with E-state index in [0.717, 1.165) is 5.69 Å². The number of rotatable bonds is 0. The van der Waals surface area contributed by atoms with Crippen LogP contribution in [0, 0.1) is 0 Å². The molecule has 2 heterocycles. The van der Waals surface area contributed by atoms with Gasteiger partial charge in [0, 0.05) is 7.05 Å². The van der Waals surface area contributed by atoms with Gasteiger partial charge in [-0.2, -0.15) is 4.98 Å². The van der Waals surface area contributed by atoms with Gasteiger partial charge in [-0.3, -0.25) is 0 Å². The Balaban J connectivity index is 2.60. The highest BCUT2D eigenvalue weighted by molar-refractivity contribution is 6.34. The zero-order valence-corrected chi connectivity index (χ0v) is 7.82. The summed E-state index contributed by atoms with van der Waals surface area (Å²) in [7, 11) is 1.90. The molecule has 0 unspecified atom stereocenters. The normalized spacial score (nSPS) is 14.4. The maximum Gasteiger partial charge on any atom is 0.225 e. The molecule has 0 saturated heterocycles. The lowest BCUT2D eigenvalue weighted by Crippen LogP contribution is -2.16. The second-order valence-electron chi connectivity index (χ2n) is 2.51. The third kappa shape index (κ3) is 1.07. The highest BCUT2D eigenvalue weighted by Crippen LogP contribution is 2.34. The molecule has 0 radical (unpaired) electrons. The molecule has 1 N–H and O–H groups in total. The largest absolute Gasteiger partial charge is 0.352 e. The van der Waals surface area contributed by atoms with Gasteiger partial charge < -0.3 is 10.2 Å². The molecule has 2 rings (SSSR count). The lowest BCUT2D eigenvalue weighted by molar-refractivity contribution is 1.03. The molecule has 0 aromatic carbocycles. The number of hydrogen-bond acceptors (Lipinski definition) is 4. The number of nitrogens with zero attached hydrogens (tertiary/aromatic N) is 3. The van der Waals surface area contributed by atoms with Crippen molar-refractivity contribution < 1.29 is 0 Å². The van der Waals surface area contributed by atoms with Crippen LogP contribution >= 0.6 is 23.2 Å². The summed E-state index contributed by atoms with van der Waals surface area (Å²) in [6.07, 6.45) is 0. The first-order valence-electron chi connectivity index (χ1n) is 3.36. The number of nitrogens with one attached hydrogen (secondary N) is 1. The van der Waals surface area contributed by atoms with Gasteiger partial charge in [0.1, 0.15) is 5.69 Å². The van der Waals surface area contributed by atoms with Crippen molar-refractivity contribution in [1.82, 2.24) is 9.97 Å². The van der Waals surface area contributed by atoms with Crippen LogP contribution in [-0.2, 0) is 0 Å². The van der Waals surface area contributed by atoms with Gasteiger partial charge in [-0.05, 0) is 11.6 Å². The van der Waals surface area contributed by atoms with E-state index in [9.17, 15) is 0 Å². The van der Waals surface area contributed by atoms with Crippen molar-refractivity contribution in [2.24, 2.45) is 0 Å². The maximum atomic E-state index is 5.85. The summed E-state index contributed by atoms with van der Waals surface area (Å²) >= 11 is 11.5. The molecule has 1 aromatic rings. The lowest BCUT2D eigenvalue weighted by Gasteiger charge is -2.09. The zero-order valence-electron chi connectivity index (χ0n) is 6.30. The van der Waals surface area contributed by atoms with Crippen molar-refractivity contribution in [3.05, 3.63) is 10.4 Å². The second-order valence-corrected chi connectivity index (χ2v) is 3.21. The van der Waals surface area contributed by atoms with Gasteiger partial charge in [-0.1, -0.05) is 11.6 Å². The minimum atomic E-state index is 0.168. The van der Waals surface area contributed by atoms with Crippen LogP contribution in [0.4, 0.5) is 11.5 Å². The van der Waals surface area contributed by atoms with Crippen molar-refractivity contribution in [2.75, 3.05) is 23.9 Å². The van der Waals surface area contributed by atoms with E-state index in [4.69, 9.17) is 23.2 Å². The molecule has 1 aromatic heterocycles. The molecule has 1 aliphatic rings. The standard InChI is InChI=1S/C6H6Cl2N4/c1-12-2-9-5-3(12)4(7)10-6(8)11-5/h2H2,1H3,(H,9,10,11). The molecular weight excluding hydrogens is 199 g/mol. The molecule has 0 amide bonds. The van der Waals surface area contributed by atoms with E-state index in [-0.39, 0.29) is 5.28 Å². The average Bonchev–Trinajstić information content (AvgIpc) is 2.31. The fourth-order valence-corrected chi connectivity index (χ4v) is 1.66. The Bertz CT molecular complexity index is 328. The maximum absolute atomic E-state index is 5.85. The summed E-state index contributed by atoms with van der Waals surface area (Å²) < 4.78 is 0. The number of fused-ring (bicyclic) bond motifs is 1. The van der Waals surface area contributed by atoms with Gasteiger partial charge >= 0.3 is 0 Å². The predicted molar refractivity (Wildman–Crippen MR) is 48.9 cm³/mol. The van der Waals surface area contributed by atoms with Gasteiger partial charge in [0.05, 0.1) is 6.67 Å². The van der Waals surface area contributed by atoms with Crippen LogP contribution in [0.25, 0.3) is 0 Å². The van der Waals surface area contributed by atoms with Gasteiger partial charge in [0.2, 0.25) is 5.28 Å². The smallest absolute Gasteiger partial charge is 0.225 e. The van der Waals surface area contributed by atoms with Crippen LogP contribution in [0.2, 0.25) is 10.4 Å². The molecule has 0 fully saturated rings. The Hall–Kier alpha value is -0.740. The summed E-state index contributed by atoms with van der Waals surface area (Å²) in [5.74, 6) is 0.697. The monoisotopic (exact) mass is 204 g/mol. The third-order valence-corrected chi connectivity index (χ3v) is 2.11. The third-order valence-electron chi connectivity index (χ3n) is 1.68. The van der Waals surface area contributed by atoms with Gasteiger partial charge in [-0.25, -0.2) is 4.98 Å². The predicted octanol–water partition coefficient (Wildman–Crippen LogP) is 1.60. The molecule has 0 spiro atoms. The first-order valence-corrected chi connectivity index (χ1v) is 4.12. The van der Waals surface area contributed by atoms with E-state index in [0.29, 0.717) is 17.6 Å². The molecule has 0 bridgehead atoms. The van der Waals surface area contributed by atoms with Crippen LogP contribution in [0.1, 0.15) is 0 Å². The molecule has 1 aliphatic heterocycles. The van der Waals surface area contributed by atoms with Crippen LogP contribution in [0.3, 0.4) is 0 Å². The highest BCUT2D eigenvalue weighted by atomic mass is 35.5. The summed E-state index contributed by atoms with van der Waals surface area (Å²) in [5, 5.41) is 3.59. The summed E-state index contributed by atoms with van der Waals surface area (Å²) in [6, 6.07) is 0. The molecule has 64 valence electrons. The molecule has 0 aliphatic carbocycles. The number of halogens is 2. The van der Waals surface area contributed by atoms with Crippen molar-refractivity contribution in [2.45, 2.75) is 0 Å². The fraction of sp³-hybridized carbons (Fsp3) is 0.333. The Morgan fingerprint density at radius 2 is 2.17 bits per heavy atom. The Labute approximate surface area is 79.5 Å². The quantitative estimate of drug-likeness (QED) is 0.515. The van der Waals surface area contributed by atoms with E-state index in [2.05, 4.69) is 15.3 Å². The van der Waals surface area contributed by atoms with Gasteiger partial charge in [0.15, 0.2) is 11.0 Å². The van der Waals surface area contributed by atoms with E-state index >= 15 is 0 Å². The first kappa shape index (κ1) is 7.89.